The molecule has 0 aliphatic carbocycles. The van der Waals surface area contributed by atoms with Crippen LogP contribution in [0.5, 0.6) is 5.75 Å². The Morgan fingerprint density at radius 2 is 2.13 bits per heavy atom. The molecule has 7 heteroatoms. The molecule has 2 aliphatic rings. The molecular formula is C16H22N2O3S2. The zero-order valence-corrected chi connectivity index (χ0v) is 14.9. The highest BCUT2D eigenvalue weighted by Crippen LogP contribution is 2.35. The van der Waals surface area contributed by atoms with Crippen molar-refractivity contribution in [2.45, 2.75) is 17.9 Å². The van der Waals surface area contributed by atoms with Crippen molar-refractivity contribution >= 4 is 27.5 Å². The summed E-state index contributed by atoms with van der Waals surface area (Å²) in [6, 6.07) is 5.21. The first-order chi connectivity index (χ1) is 11.0. The Hall–Kier alpha value is -1.18. The molecule has 23 heavy (non-hydrogen) atoms. The molecule has 3 rings (SSSR count). The van der Waals surface area contributed by atoms with E-state index in [9.17, 15) is 8.42 Å². The Labute approximate surface area is 142 Å². The number of thioether (sulfide) groups is 1. The predicted molar refractivity (Wildman–Crippen MR) is 95.0 cm³/mol. The van der Waals surface area contributed by atoms with E-state index in [1.165, 1.54) is 4.31 Å². The lowest BCUT2D eigenvalue weighted by Gasteiger charge is -2.29. The van der Waals surface area contributed by atoms with Crippen molar-refractivity contribution < 1.29 is 13.2 Å². The van der Waals surface area contributed by atoms with Crippen LogP contribution in [-0.4, -0.2) is 56.5 Å². The molecule has 0 unspecified atom stereocenters. The third kappa shape index (κ3) is 3.22. The van der Waals surface area contributed by atoms with Gasteiger partial charge in [0, 0.05) is 42.9 Å². The van der Waals surface area contributed by atoms with Crippen LogP contribution in [0.2, 0.25) is 0 Å². The van der Waals surface area contributed by atoms with Gasteiger partial charge in [-0.15, -0.1) is 6.58 Å². The number of sulfonamides is 1. The van der Waals surface area contributed by atoms with Crippen LogP contribution in [0.1, 0.15) is 6.92 Å². The van der Waals surface area contributed by atoms with E-state index in [1.807, 2.05) is 30.8 Å². The van der Waals surface area contributed by atoms with E-state index in [1.54, 1.807) is 12.1 Å². The number of fused-ring (bicyclic) bond motifs is 1. The quantitative estimate of drug-likeness (QED) is 0.779. The summed E-state index contributed by atoms with van der Waals surface area (Å²) >= 11 is 1.95. The SMILES string of the molecule is C=CCN1[C@H](C)COc2cc(N3CCSCC3)ccc2S1(=O)=O. The van der Waals surface area contributed by atoms with E-state index in [4.69, 9.17) is 4.74 Å². The number of hydrogen-bond donors (Lipinski definition) is 0. The molecule has 1 aromatic rings. The topological polar surface area (TPSA) is 49.9 Å². The molecule has 2 aliphatic heterocycles. The second kappa shape index (κ2) is 6.75. The van der Waals surface area contributed by atoms with Crippen LogP contribution < -0.4 is 9.64 Å². The smallest absolute Gasteiger partial charge is 0.247 e. The van der Waals surface area contributed by atoms with Crippen LogP contribution in [0.15, 0.2) is 35.7 Å². The lowest BCUT2D eigenvalue weighted by atomic mass is 10.2. The van der Waals surface area contributed by atoms with Crippen molar-refractivity contribution in [3.05, 3.63) is 30.9 Å². The Balaban J connectivity index is 1.98. The van der Waals surface area contributed by atoms with Gasteiger partial charge in [0.15, 0.2) is 0 Å². The summed E-state index contributed by atoms with van der Waals surface area (Å²) in [6.07, 6.45) is 1.61. The summed E-state index contributed by atoms with van der Waals surface area (Å²) in [7, 11) is -3.56. The van der Waals surface area contributed by atoms with Crippen molar-refractivity contribution in [1.82, 2.24) is 4.31 Å². The molecule has 0 amide bonds. The van der Waals surface area contributed by atoms with Gasteiger partial charge in [0.05, 0.1) is 6.04 Å². The maximum absolute atomic E-state index is 12.9. The minimum Gasteiger partial charge on any atom is -0.490 e. The van der Waals surface area contributed by atoms with E-state index >= 15 is 0 Å². The van der Waals surface area contributed by atoms with Crippen LogP contribution in [0.25, 0.3) is 0 Å². The third-order valence-corrected chi connectivity index (χ3v) is 7.13. The van der Waals surface area contributed by atoms with Crippen molar-refractivity contribution in [2.24, 2.45) is 0 Å². The zero-order valence-electron chi connectivity index (χ0n) is 13.3. The molecule has 2 heterocycles. The van der Waals surface area contributed by atoms with E-state index < -0.39 is 10.0 Å². The summed E-state index contributed by atoms with van der Waals surface area (Å²) in [4.78, 5) is 2.53. The highest BCUT2D eigenvalue weighted by atomic mass is 32.2. The van der Waals surface area contributed by atoms with E-state index in [2.05, 4.69) is 11.5 Å². The van der Waals surface area contributed by atoms with Crippen LogP contribution in [-0.2, 0) is 10.0 Å². The lowest BCUT2D eigenvalue weighted by Crippen LogP contribution is -2.39. The number of rotatable bonds is 3. The Morgan fingerprint density at radius 3 is 2.83 bits per heavy atom. The van der Waals surface area contributed by atoms with Gasteiger partial charge >= 0.3 is 0 Å². The molecule has 0 N–H and O–H groups in total. The summed E-state index contributed by atoms with van der Waals surface area (Å²) < 4.78 is 33.1. The minimum absolute atomic E-state index is 0.222. The van der Waals surface area contributed by atoms with Crippen LogP contribution >= 0.6 is 11.8 Å². The lowest BCUT2D eigenvalue weighted by molar-refractivity contribution is 0.232. The van der Waals surface area contributed by atoms with Gasteiger partial charge in [-0.2, -0.15) is 16.1 Å². The largest absolute Gasteiger partial charge is 0.490 e. The van der Waals surface area contributed by atoms with E-state index in [0.29, 0.717) is 12.4 Å². The molecule has 0 saturated carbocycles. The number of nitrogens with zero attached hydrogens (tertiary/aromatic N) is 2. The van der Waals surface area contributed by atoms with E-state index in [0.717, 1.165) is 30.3 Å². The highest BCUT2D eigenvalue weighted by Gasteiger charge is 2.34. The van der Waals surface area contributed by atoms with Gasteiger partial charge in [-0.05, 0) is 19.1 Å². The van der Waals surface area contributed by atoms with Gasteiger partial charge in [-0.3, -0.25) is 0 Å². The van der Waals surface area contributed by atoms with Gasteiger partial charge in [0.1, 0.15) is 17.3 Å². The monoisotopic (exact) mass is 354 g/mol. The first-order valence-electron chi connectivity index (χ1n) is 7.76. The molecule has 1 saturated heterocycles. The summed E-state index contributed by atoms with van der Waals surface area (Å²) in [5.74, 6) is 2.65. The fraction of sp³-hybridized carbons (Fsp3) is 0.500. The maximum atomic E-state index is 12.9. The Morgan fingerprint density at radius 1 is 1.39 bits per heavy atom. The first-order valence-corrected chi connectivity index (χ1v) is 10.4. The standard InChI is InChI=1S/C16H22N2O3S2/c1-3-6-18-13(2)12-21-15-11-14(17-7-9-22-10-8-17)4-5-16(15)23(18,19)20/h3-5,11,13H,1,6-10,12H2,2H3/t13-/m1/s1. The van der Waals surface area contributed by atoms with Crippen LogP contribution in [0, 0.1) is 0 Å². The molecule has 1 aromatic carbocycles. The summed E-state index contributed by atoms with van der Waals surface area (Å²) in [5, 5.41) is 0. The van der Waals surface area contributed by atoms with Gasteiger partial charge in [0.2, 0.25) is 10.0 Å². The van der Waals surface area contributed by atoms with Crippen molar-refractivity contribution in [3.63, 3.8) is 0 Å². The number of hydrogen-bond acceptors (Lipinski definition) is 5. The first kappa shape index (κ1) is 16.7. The predicted octanol–water partition coefficient (Wildman–Crippen LogP) is 2.20. The summed E-state index contributed by atoms with van der Waals surface area (Å²) in [5.41, 5.74) is 1.03. The second-order valence-electron chi connectivity index (χ2n) is 5.75. The van der Waals surface area contributed by atoms with Crippen molar-refractivity contribution in [3.8, 4) is 5.75 Å². The number of anilines is 1. The molecule has 126 valence electrons. The van der Waals surface area contributed by atoms with Gasteiger partial charge in [0.25, 0.3) is 0 Å². The van der Waals surface area contributed by atoms with Crippen molar-refractivity contribution in [2.75, 3.05) is 42.6 Å². The second-order valence-corrected chi connectivity index (χ2v) is 8.84. The maximum Gasteiger partial charge on any atom is 0.247 e. The normalized spacial score (nSPS) is 24.4. The molecule has 0 radical (unpaired) electrons. The molecule has 5 nitrogen and oxygen atoms in total. The average molecular weight is 354 g/mol. The molecule has 0 bridgehead atoms. The third-order valence-electron chi connectivity index (χ3n) is 4.17. The Kier molecular flexibility index (Phi) is 4.89. The molecule has 0 spiro atoms. The summed E-state index contributed by atoms with van der Waals surface area (Å²) in [6.45, 7) is 8.12. The highest BCUT2D eigenvalue weighted by molar-refractivity contribution is 7.99. The molecule has 1 fully saturated rings. The van der Waals surface area contributed by atoms with Crippen LogP contribution in [0.3, 0.4) is 0 Å². The Bertz CT molecular complexity index is 685. The minimum atomic E-state index is -3.56. The number of ether oxygens (including phenoxy) is 1. The molecular weight excluding hydrogens is 332 g/mol. The molecule has 1 atom stereocenters. The molecule has 0 aromatic heterocycles. The van der Waals surface area contributed by atoms with E-state index in [-0.39, 0.29) is 17.5 Å². The van der Waals surface area contributed by atoms with Crippen molar-refractivity contribution in [1.29, 1.82) is 0 Å². The fourth-order valence-electron chi connectivity index (χ4n) is 2.90. The number of benzene rings is 1. The van der Waals surface area contributed by atoms with Gasteiger partial charge < -0.3 is 9.64 Å². The average Bonchev–Trinajstić information content (AvgIpc) is 2.66. The fourth-order valence-corrected chi connectivity index (χ4v) is 5.51. The van der Waals surface area contributed by atoms with Gasteiger partial charge in [-0.1, -0.05) is 6.08 Å². The van der Waals surface area contributed by atoms with Crippen LogP contribution in [0.4, 0.5) is 5.69 Å². The zero-order chi connectivity index (χ0) is 16.4. The van der Waals surface area contributed by atoms with Gasteiger partial charge in [-0.25, -0.2) is 8.42 Å².